The van der Waals surface area contributed by atoms with Crippen LogP contribution < -0.4 is 5.56 Å². The largest absolute Gasteiger partial charge is 0.477 e. The molecule has 0 spiro atoms. The number of aromatic nitrogens is 1. The van der Waals surface area contributed by atoms with Crippen LogP contribution in [0.1, 0.15) is 30.4 Å². The van der Waals surface area contributed by atoms with Gasteiger partial charge in [0.1, 0.15) is 11.5 Å². The van der Waals surface area contributed by atoms with Gasteiger partial charge in [0.15, 0.2) is 0 Å². The summed E-state index contributed by atoms with van der Waals surface area (Å²) in [6, 6.07) is 12.2. The fraction of sp³-hybridized carbons (Fsp3) is 0.158. The smallest absolute Gasteiger partial charge is 0.353 e. The molecule has 0 atom stereocenters. The third-order valence-electron chi connectivity index (χ3n) is 3.98. The molecule has 0 aliphatic heterocycles. The van der Waals surface area contributed by atoms with Crippen molar-refractivity contribution < 1.29 is 14.3 Å². The Labute approximate surface area is 137 Å². The predicted octanol–water partition coefficient (Wildman–Crippen LogP) is 4.09. The Balaban J connectivity index is 2.56. The van der Waals surface area contributed by atoms with E-state index >= 15 is 0 Å². The lowest BCUT2D eigenvalue weighted by atomic mass is 9.96. The van der Waals surface area contributed by atoms with Gasteiger partial charge in [-0.25, -0.2) is 9.18 Å². The minimum atomic E-state index is -1.19. The first-order valence-electron chi connectivity index (χ1n) is 7.58. The second kappa shape index (κ2) is 5.92. The van der Waals surface area contributed by atoms with Gasteiger partial charge in [0.05, 0.1) is 0 Å². The molecule has 1 heterocycles. The number of halogens is 1. The number of hydrogen-bond donors (Lipinski definition) is 1. The van der Waals surface area contributed by atoms with E-state index < -0.39 is 11.8 Å². The number of carboxylic acid groups (broad SMARTS) is 1. The van der Waals surface area contributed by atoms with Gasteiger partial charge in [0, 0.05) is 17.0 Å². The van der Waals surface area contributed by atoms with Crippen LogP contribution in [0.2, 0.25) is 0 Å². The van der Waals surface area contributed by atoms with E-state index in [-0.39, 0.29) is 17.3 Å². The van der Waals surface area contributed by atoms with E-state index in [4.69, 9.17) is 0 Å². The molecule has 24 heavy (non-hydrogen) atoms. The summed E-state index contributed by atoms with van der Waals surface area (Å²) in [7, 11) is 0. The van der Waals surface area contributed by atoms with Crippen LogP contribution in [0.4, 0.5) is 4.39 Å². The molecule has 0 saturated carbocycles. The molecule has 1 N–H and O–H groups in total. The van der Waals surface area contributed by atoms with E-state index in [1.54, 1.807) is 38.1 Å². The van der Waals surface area contributed by atoms with Crippen molar-refractivity contribution in [3.63, 3.8) is 0 Å². The van der Waals surface area contributed by atoms with Gasteiger partial charge >= 0.3 is 5.97 Å². The van der Waals surface area contributed by atoms with E-state index in [0.717, 1.165) is 0 Å². The summed E-state index contributed by atoms with van der Waals surface area (Å²) in [6.45, 7) is 3.52. The average molecular weight is 325 g/mol. The summed E-state index contributed by atoms with van der Waals surface area (Å²) in [5.74, 6) is -1.59. The topological polar surface area (TPSA) is 59.3 Å². The molecule has 5 heteroatoms. The molecule has 2 aromatic carbocycles. The van der Waals surface area contributed by atoms with Crippen LogP contribution in [0.25, 0.3) is 21.9 Å². The van der Waals surface area contributed by atoms with Crippen molar-refractivity contribution in [1.82, 2.24) is 4.57 Å². The predicted molar refractivity (Wildman–Crippen MR) is 90.9 cm³/mol. The number of pyridine rings is 1. The Hall–Kier alpha value is -2.95. The molecule has 0 unspecified atom stereocenters. The van der Waals surface area contributed by atoms with E-state index in [0.29, 0.717) is 21.9 Å². The van der Waals surface area contributed by atoms with Crippen molar-refractivity contribution >= 4 is 16.7 Å². The number of hydrogen-bond acceptors (Lipinski definition) is 2. The van der Waals surface area contributed by atoms with Gasteiger partial charge in [-0.15, -0.1) is 0 Å². The second-order valence-corrected chi connectivity index (χ2v) is 5.85. The fourth-order valence-electron chi connectivity index (χ4n) is 2.98. The van der Waals surface area contributed by atoms with Crippen LogP contribution in [0.3, 0.4) is 0 Å². The number of benzene rings is 2. The average Bonchev–Trinajstić information content (AvgIpc) is 2.55. The van der Waals surface area contributed by atoms with Gasteiger partial charge in [-0.1, -0.05) is 30.3 Å². The Kier molecular flexibility index (Phi) is 3.93. The van der Waals surface area contributed by atoms with E-state index in [1.807, 2.05) is 0 Å². The minimum absolute atomic E-state index is 0.0830. The Morgan fingerprint density at radius 3 is 2.17 bits per heavy atom. The maximum absolute atomic E-state index is 13.3. The number of aromatic carboxylic acids is 1. The number of nitrogens with zero attached hydrogens (tertiary/aromatic N) is 1. The van der Waals surface area contributed by atoms with Crippen LogP contribution in [0, 0.1) is 5.82 Å². The monoisotopic (exact) mass is 325 g/mol. The maximum Gasteiger partial charge on any atom is 0.353 e. The molecule has 0 radical (unpaired) electrons. The van der Waals surface area contributed by atoms with Crippen LogP contribution in [-0.2, 0) is 0 Å². The van der Waals surface area contributed by atoms with Crippen molar-refractivity contribution in [1.29, 1.82) is 0 Å². The molecular weight excluding hydrogens is 309 g/mol. The Morgan fingerprint density at radius 1 is 1.04 bits per heavy atom. The van der Waals surface area contributed by atoms with E-state index in [1.165, 1.54) is 28.8 Å². The molecule has 1 aromatic heterocycles. The molecule has 0 bridgehead atoms. The molecule has 0 fully saturated rings. The maximum atomic E-state index is 13.3. The fourth-order valence-corrected chi connectivity index (χ4v) is 2.98. The van der Waals surface area contributed by atoms with Crippen molar-refractivity contribution in [2.75, 3.05) is 0 Å². The Morgan fingerprint density at radius 2 is 1.62 bits per heavy atom. The Bertz CT molecular complexity index is 988. The van der Waals surface area contributed by atoms with Gasteiger partial charge in [-0.05, 0) is 43.0 Å². The molecular formula is C19H16FNO3. The summed E-state index contributed by atoms with van der Waals surface area (Å²) < 4.78 is 14.6. The summed E-state index contributed by atoms with van der Waals surface area (Å²) in [4.78, 5) is 24.7. The van der Waals surface area contributed by atoms with Gasteiger partial charge in [0.2, 0.25) is 0 Å². The standard InChI is InChI=1S/C19H16FNO3/c1-11(2)21-17(19(23)24)16(12-7-9-13(20)10-8-12)14-5-3-4-6-15(14)18(21)22/h3-11H,1-2H3,(H,23,24). The second-order valence-electron chi connectivity index (χ2n) is 5.85. The van der Waals surface area contributed by atoms with Crippen molar-refractivity contribution in [2.24, 2.45) is 0 Å². The molecule has 0 amide bonds. The number of fused-ring (bicyclic) bond motifs is 1. The van der Waals surface area contributed by atoms with Gasteiger partial charge in [0.25, 0.3) is 5.56 Å². The highest BCUT2D eigenvalue weighted by atomic mass is 19.1. The number of carbonyl (C=O) groups is 1. The first-order valence-corrected chi connectivity index (χ1v) is 7.58. The van der Waals surface area contributed by atoms with Crippen LogP contribution in [0.15, 0.2) is 53.3 Å². The van der Waals surface area contributed by atoms with Crippen LogP contribution in [-0.4, -0.2) is 15.6 Å². The zero-order valence-electron chi connectivity index (χ0n) is 13.3. The molecule has 3 rings (SSSR count). The van der Waals surface area contributed by atoms with Gasteiger partial charge in [-0.2, -0.15) is 0 Å². The molecule has 0 saturated heterocycles. The third-order valence-corrected chi connectivity index (χ3v) is 3.98. The molecule has 3 aromatic rings. The zero-order chi connectivity index (χ0) is 17.4. The zero-order valence-corrected chi connectivity index (χ0v) is 13.3. The highest BCUT2D eigenvalue weighted by Gasteiger charge is 2.23. The summed E-state index contributed by atoms with van der Waals surface area (Å²) in [5.41, 5.74) is 0.551. The normalized spacial score (nSPS) is 11.2. The highest BCUT2D eigenvalue weighted by molar-refractivity contribution is 6.06. The molecule has 0 aliphatic carbocycles. The quantitative estimate of drug-likeness (QED) is 0.789. The summed E-state index contributed by atoms with van der Waals surface area (Å²) >= 11 is 0. The third kappa shape index (κ3) is 2.48. The molecule has 122 valence electrons. The summed E-state index contributed by atoms with van der Waals surface area (Å²) in [6.07, 6.45) is 0. The number of carboxylic acids is 1. The highest BCUT2D eigenvalue weighted by Crippen LogP contribution is 2.32. The van der Waals surface area contributed by atoms with Crippen molar-refractivity contribution in [2.45, 2.75) is 19.9 Å². The molecule has 0 aliphatic rings. The lowest BCUT2D eigenvalue weighted by molar-refractivity contribution is 0.0683. The van der Waals surface area contributed by atoms with Crippen molar-refractivity contribution in [3.05, 3.63) is 70.4 Å². The molecule has 4 nitrogen and oxygen atoms in total. The van der Waals surface area contributed by atoms with Crippen LogP contribution >= 0.6 is 0 Å². The lowest BCUT2D eigenvalue weighted by Gasteiger charge is -2.20. The summed E-state index contributed by atoms with van der Waals surface area (Å²) in [5, 5.41) is 10.7. The lowest BCUT2D eigenvalue weighted by Crippen LogP contribution is -2.28. The SMILES string of the molecule is CC(C)n1c(C(=O)O)c(-c2ccc(F)cc2)c2ccccc2c1=O. The first-order chi connectivity index (χ1) is 11.4. The van der Waals surface area contributed by atoms with Gasteiger partial charge < -0.3 is 5.11 Å². The van der Waals surface area contributed by atoms with Gasteiger partial charge in [-0.3, -0.25) is 9.36 Å². The first kappa shape index (κ1) is 15.9. The van der Waals surface area contributed by atoms with E-state index in [2.05, 4.69) is 0 Å². The van der Waals surface area contributed by atoms with Crippen LogP contribution in [0.5, 0.6) is 0 Å². The minimum Gasteiger partial charge on any atom is -0.477 e. The van der Waals surface area contributed by atoms with E-state index in [9.17, 15) is 19.1 Å². The van der Waals surface area contributed by atoms with Crippen molar-refractivity contribution in [3.8, 4) is 11.1 Å². The number of rotatable bonds is 3.